The Morgan fingerprint density at radius 3 is 2.71 bits per heavy atom. The van der Waals surface area contributed by atoms with E-state index in [2.05, 4.69) is 17.5 Å². The minimum atomic E-state index is -1.07. The van der Waals surface area contributed by atoms with Gasteiger partial charge < -0.3 is 19.4 Å². The van der Waals surface area contributed by atoms with E-state index in [9.17, 15) is 23.2 Å². The van der Waals surface area contributed by atoms with Gasteiger partial charge in [0.25, 0.3) is 5.91 Å². The number of likely N-dealkylation sites (tertiary alicyclic amines) is 1. The highest BCUT2D eigenvalue weighted by Gasteiger charge is 2.35. The first-order valence-corrected chi connectivity index (χ1v) is 15.3. The number of likely N-dealkylation sites (N-methyl/N-ethyl adjacent to an activating group) is 1. The number of benzene rings is 2. The molecule has 9 nitrogen and oxygen atoms in total. The van der Waals surface area contributed by atoms with Crippen LogP contribution in [0.4, 0.5) is 24.7 Å². The van der Waals surface area contributed by atoms with Gasteiger partial charge in [0.1, 0.15) is 24.4 Å². The van der Waals surface area contributed by atoms with Crippen LogP contribution in [0.1, 0.15) is 24.1 Å². The molecule has 2 aromatic carbocycles. The Balaban J connectivity index is 1.34. The molecule has 0 aliphatic carbocycles. The fourth-order valence-corrected chi connectivity index (χ4v) is 6.87. The van der Waals surface area contributed by atoms with Crippen molar-refractivity contribution in [3.8, 4) is 12.1 Å². The van der Waals surface area contributed by atoms with E-state index in [1.165, 1.54) is 11.0 Å². The van der Waals surface area contributed by atoms with Crippen molar-refractivity contribution in [2.24, 2.45) is 0 Å². The summed E-state index contributed by atoms with van der Waals surface area (Å²) in [6, 6.07) is 10.3. The Morgan fingerprint density at radius 1 is 1.16 bits per heavy atom. The molecule has 0 spiro atoms. The number of nitriles is 1. The maximum Gasteiger partial charge on any atom is 0.318 e. The number of halogens is 4. The summed E-state index contributed by atoms with van der Waals surface area (Å²) in [5, 5.41) is 11.0. The molecule has 13 heteroatoms. The van der Waals surface area contributed by atoms with Gasteiger partial charge in [0.15, 0.2) is 5.83 Å². The zero-order chi connectivity index (χ0) is 31.8. The number of anilines is 2. The Morgan fingerprint density at radius 2 is 1.98 bits per heavy atom. The lowest BCUT2D eigenvalue weighted by molar-refractivity contribution is -0.131. The van der Waals surface area contributed by atoms with Crippen molar-refractivity contribution >= 4 is 39.8 Å². The third-order valence-corrected chi connectivity index (χ3v) is 9.29. The number of ether oxygens (including phenoxy) is 1. The van der Waals surface area contributed by atoms with Crippen molar-refractivity contribution in [2.45, 2.75) is 44.1 Å². The predicted octanol–water partition coefficient (Wildman–Crippen LogP) is 4.82. The molecule has 3 aromatic rings. The highest BCUT2D eigenvalue weighted by atomic mass is 35.5. The number of carbonyl (C=O) groups is 1. The Hall–Kier alpha value is -4.08. The zero-order valence-electron chi connectivity index (χ0n) is 24.9. The van der Waals surface area contributed by atoms with Gasteiger partial charge in [0.2, 0.25) is 0 Å². The molecule has 2 fully saturated rings. The van der Waals surface area contributed by atoms with Gasteiger partial charge in [-0.1, -0.05) is 36.4 Å². The van der Waals surface area contributed by atoms with E-state index in [4.69, 9.17) is 26.3 Å². The standard InChI is InChI=1S/C32H33ClF3N7O2/c1-19(34)31(44)43-13-12-42(16-22(43)8-10-37)30-24-9-11-41(27-5-3-4-20-6-7-25(36)29(33)28(20)27)17-26(24)38-32(39-30)45-18-23-14-21(35)15-40(23)2/h3-7,21-23H,1,8-9,11-18H2,2H3/t21-,22+,23+/m1/s1. The fourth-order valence-electron chi connectivity index (χ4n) is 6.60. The Kier molecular flexibility index (Phi) is 8.75. The van der Waals surface area contributed by atoms with E-state index < -0.39 is 29.8 Å². The fraction of sp³-hybridized carbons (Fsp3) is 0.438. The maximum absolute atomic E-state index is 14.5. The van der Waals surface area contributed by atoms with Crippen molar-refractivity contribution in [1.29, 1.82) is 5.26 Å². The molecular formula is C32H33ClF3N7O2. The lowest BCUT2D eigenvalue weighted by atomic mass is 10.0. The summed E-state index contributed by atoms with van der Waals surface area (Å²) in [5.41, 5.74) is 2.38. The summed E-state index contributed by atoms with van der Waals surface area (Å²) in [6.45, 7) is 5.40. The first-order chi connectivity index (χ1) is 21.6. The zero-order valence-corrected chi connectivity index (χ0v) is 25.6. The van der Waals surface area contributed by atoms with Crippen LogP contribution in [0.25, 0.3) is 10.8 Å². The largest absolute Gasteiger partial charge is 0.462 e. The van der Waals surface area contributed by atoms with Gasteiger partial charge in [0.05, 0.1) is 35.8 Å². The van der Waals surface area contributed by atoms with Crippen molar-refractivity contribution in [1.82, 2.24) is 19.8 Å². The van der Waals surface area contributed by atoms with Crippen molar-refractivity contribution in [2.75, 3.05) is 56.2 Å². The molecule has 0 unspecified atom stereocenters. The molecular weight excluding hydrogens is 607 g/mol. The number of fused-ring (bicyclic) bond motifs is 2. The minimum absolute atomic E-state index is 0.0107. The second-order valence-electron chi connectivity index (χ2n) is 11.8. The molecule has 4 heterocycles. The molecule has 3 atom stereocenters. The van der Waals surface area contributed by atoms with E-state index in [-0.39, 0.29) is 43.2 Å². The van der Waals surface area contributed by atoms with Gasteiger partial charge in [-0.2, -0.15) is 15.2 Å². The quantitative estimate of drug-likeness (QED) is 0.340. The number of aromatic nitrogens is 2. The molecule has 236 valence electrons. The molecule has 1 aromatic heterocycles. The number of nitrogens with zero attached hydrogens (tertiary/aromatic N) is 7. The van der Waals surface area contributed by atoms with Crippen molar-refractivity contribution in [3.63, 3.8) is 0 Å². The molecule has 0 saturated carbocycles. The van der Waals surface area contributed by atoms with Gasteiger partial charge >= 0.3 is 6.01 Å². The lowest BCUT2D eigenvalue weighted by Crippen LogP contribution is -2.55. The molecule has 3 aliphatic rings. The van der Waals surface area contributed by atoms with Crippen LogP contribution in [0, 0.1) is 17.1 Å². The summed E-state index contributed by atoms with van der Waals surface area (Å²) >= 11 is 6.46. The highest BCUT2D eigenvalue weighted by Crippen LogP contribution is 2.38. The van der Waals surface area contributed by atoms with Gasteiger partial charge in [0, 0.05) is 55.4 Å². The molecule has 0 N–H and O–H groups in total. The third-order valence-electron chi connectivity index (χ3n) is 8.92. The highest BCUT2D eigenvalue weighted by molar-refractivity contribution is 6.36. The number of alkyl halides is 1. The van der Waals surface area contributed by atoms with Gasteiger partial charge in [-0.15, -0.1) is 0 Å². The third kappa shape index (κ3) is 6.11. The maximum atomic E-state index is 14.5. The summed E-state index contributed by atoms with van der Waals surface area (Å²) < 4.78 is 48.5. The number of piperazine rings is 1. The summed E-state index contributed by atoms with van der Waals surface area (Å²) in [7, 11) is 1.85. The summed E-state index contributed by atoms with van der Waals surface area (Å²) in [6.07, 6.45) is -0.0129. The Labute approximate surface area is 264 Å². The number of rotatable bonds is 7. The van der Waals surface area contributed by atoms with Crippen LogP contribution >= 0.6 is 11.6 Å². The van der Waals surface area contributed by atoms with Crippen LogP contribution in [0.3, 0.4) is 0 Å². The average molecular weight is 640 g/mol. The molecule has 45 heavy (non-hydrogen) atoms. The number of hydrogen-bond donors (Lipinski definition) is 0. The topological polar surface area (TPSA) is 88.8 Å². The molecule has 0 radical (unpaired) electrons. The number of amides is 1. The summed E-state index contributed by atoms with van der Waals surface area (Å²) in [4.78, 5) is 29.4. The van der Waals surface area contributed by atoms with E-state index in [0.717, 1.165) is 16.6 Å². The van der Waals surface area contributed by atoms with Crippen LogP contribution in [-0.2, 0) is 17.8 Å². The minimum Gasteiger partial charge on any atom is -0.462 e. The molecule has 2 saturated heterocycles. The average Bonchev–Trinajstić information content (AvgIpc) is 3.36. The van der Waals surface area contributed by atoms with Gasteiger partial charge in [-0.05, 0) is 37.4 Å². The second kappa shape index (κ2) is 12.7. The van der Waals surface area contributed by atoms with E-state index in [1.54, 1.807) is 6.07 Å². The van der Waals surface area contributed by atoms with E-state index in [0.29, 0.717) is 55.9 Å². The van der Waals surface area contributed by atoms with Gasteiger partial charge in [-0.3, -0.25) is 9.69 Å². The SMILES string of the molecule is C=C(F)C(=O)N1CCN(c2nc(OC[C@@H]3C[C@@H](F)CN3C)nc3c2CCN(c2cccc4ccc(F)c(Cl)c24)C3)C[C@@H]1CC#N. The van der Waals surface area contributed by atoms with E-state index >= 15 is 0 Å². The molecule has 6 rings (SSSR count). The van der Waals surface area contributed by atoms with Crippen LogP contribution in [0.5, 0.6) is 6.01 Å². The van der Waals surface area contributed by atoms with Crippen LogP contribution in [-0.4, -0.2) is 90.3 Å². The molecule has 0 bridgehead atoms. The summed E-state index contributed by atoms with van der Waals surface area (Å²) in [5.74, 6) is -1.77. The van der Waals surface area contributed by atoms with Gasteiger partial charge in [-0.25, -0.2) is 13.2 Å². The smallest absolute Gasteiger partial charge is 0.318 e. The van der Waals surface area contributed by atoms with Crippen LogP contribution in [0.15, 0.2) is 42.7 Å². The number of hydrogen-bond acceptors (Lipinski definition) is 8. The van der Waals surface area contributed by atoms with Crippen molar-refractivity contribution < 1.29 is 22.7 Å². The second-order valence-corrected chi connectivity index (χ2v) is 12.1. The van der Waals surface area contributed by atoms with Crippen LogP contribution < -0.4 is 14.5 Å². The predicted molar refractivity (Wildman–Crippen MR) is 165 cm³/mol. The normalized spacial score (nSPS) is 22.0. The first-order valence-electron chi connectivity index (χ1n) is 14.9. The van der Waals surface area contributed by atoms with E-state index in [1.807, 2.05) is 35.0 Å². The Bertz CT molecular complexity index is 1680. The molecule has 1 amide bonds. The monoisotopic (exact) mass is 639 g/mol. The molecule has 3 aliphatic heterocycles. The van der Waals surface area contributed by atoms with Crippen LogP contribution in [0.2, 0.25) is 5.02 Å². The van der Waals surface area contributed by atoms with Crippen molar-refractivity contribution in [3.05, 3.63) is 64.8 Å². The first kappa shape index (κ1) is 30.9. The number of carbonyl (C=O) groups excluding carboxylic acids is 1. The lowest BCUT2D eigenvalue weighted by Gasteiger charge is -2.42.